The van der Waals surface area contributed by atoms with E-state index in [2.05, 4.69) is 17.1 Å². The molecule has 0 radical (unpaired) electrons. The second-order valence-corrected chi connectivity index (χ2v) is 7.38. The highest BCUT2D eigenvalue weighted by Crippen LogP contribution is 2.39. The molecule has 1 atom stereocenters. The Kier molecular flexibility index (Phi) is 6.93. The molecule has 1 aliphatic carbocycles. The Balaban J connectivity index is 1.88. The summed E-state index contributed by atoms with van der Waals surface area (Å²) in [6.07, 6.45) is 7.35. The van der Waals surface area contributed by atoms with Crippen LogP contribution in [0.15, 0.2) is 0 Å². The van der Waals surface area contributed by atoms with E-state index in [4.69, 9.17) is 4.74 Å². The van der Waals surface area contributed by atoms with Crippen molar-refractivity contribution in [3.8, 4) is 0 Å². The molecule has 1 unspecified atom stereocenters. The number of nitrogens with zero attached hydrogens (tertiary/aromatic N) is 1. The van der Waals surface area contributed by atoms with Crippen LogP contribution in [0.5, 0.6) is 0 Å². The summed E-state index contributed by atoms with van der Waals surface area (Å²) in [6.45, 7) is 8.38. The second kappa shape index (κ2) is 8.47. The van der Waals surface area contributed by atoms with Gasteiger partial charge in [0, 0.05) is 33.3 Å². The molecule has 0 amide bonds. The highest BCUT2D eigenvalue weighted by Gasteiger charge is 2.36. The van der Waals surface area contributed by atoms with Crippen LogP contribution in [-0.2, 0) is 4.74 Å². The number of aliphatic hydroxyl groups excluding tert-OH is 1. The lowest BCUT2D eigenvalue weighted by molar-refractivity contribution is 0.0253. The summed E-state index contributed by atoms with van der Waals surface area (Å²) in [7, 11) is 1.76. The van der Waals surface area contributed by atoms with Gasteiger partial charge < -0.3 is 20.1 Å². The summed E-state index contributed by atoms with van der Waals surface area (Å²) >= 11 is 0. The SMILES string of the molecule is COCCNCC1(CN2CCCC(O)C2)CCC(C)CC1. The van der Waals surface area contributed by atoms with E-state index in [0.717, 1.165) is 58.1 Å². The van der Waals surface area contributed by atoms with Gasteiger partial charge in [-0.3, -0.25) is 0 Å². The Labute approximate surface area is 130 Å². The summed E-state index contributed by atoms with van der Waals surface area (Å²) in [5.41, 5.74) is 0.400. The molecule has 2 aliphatic rings. The minimum Gasteiger partial charge on any atom is -0.392 e. The largest absolute Gasteiger partial charge is 0.392 e. The van der Waals surface area contributed by atoms with Crippen molar-refractivity contribution < 1.29 is 9.84 Å². The Morgan fingerprint density at radius 1 is 1.29 bits per heavy atom. The van der Waals surface area contributed by atoms with Crippen molar-refractivity contribution in [3.05, 3.63) is 0 Å². The van der Waals surface area contributed by atoms with Crippen LogP contribution in [0.3, 0.4) is 0 Å². The van der Waals surface area contributed by atoms with E-state index in [1.165, 1.54) is 25.7 Å². The van der Waals surface area contributed by atoms with Crippen molar-refractivity contribution in [1.29, 1.82) is 0 Å². The van der Waals surface area contributed by atoms with Gasteiger partial charge in [0.2, 0.25) is 0 Å². The lowest BCUT2D eigenvalue weighted by atomic mass is 9.70. The molecular weight excluding hydrogens is 264 g/mol. The van der Waals surface area contributed by atoms with E-state index in [1.807, 2.05) is 0 Å². The Bertz CT molecular complexity index is 291. The predicted octanol–water partition coefficient (Wildman–Crippen LogP) is 1.88. The van der Waals surface area contributed by atoms with Gasteiger partial charge in [0.15, 0.2) is 0 Å². The lowest BCUT2D eigenvalue weighted by Crippen LogP contribution is -2.49. The summed E-state index contributed by atoms with van der Waals surface area (Å²) in [4.78, 5) is 2.50. The molecule has 0 aromatic rings. The first-order chi connectivity index (χ1) is 10.1. The van der Waals surface area contributed by atoms with E-state index in [-0.39, 0.29) is 6.10 Å². The maximum absolute atomic E-state index is 9.91. The zero-order valence-corrected chi connectivity index (χ0v) is 13.9. The molecule has 1 heterocycles. The van der Waals surface area contributed by atoms with Crippen LogP contribution in [0.25, 0.3) is 0 Å². The molecule has 2 N–H and O–H groups in total. The number of hydrogen-bond donors (Lipinski definition) is 2. The molecule has 1 saturated heterocycles. The highest BCUT2D eigenvalue weighted by molar-refractivity contribution is 4.90. The highest BCUT2D eigenvalue weighted by atomic mass is 16.5. The molecule has 0 aromatic heterocycles. The van der Waals surface area contributed by atoms with Crippen LogP contribution in [-0.4, -0.2) is 62.6 Å². The first kappa shape index (κ1) is 17.2. The zero-order chi connectivity index (χ0) is 15.1. The smallest absolute Gasteiger partial charge is 0.0667 e. The van der Waals surface area contributed by atoms with Gasteiger partial charge in [-0.05, 0) is 43.6 Å². The van der Waals surface area contributed by atoms with Crippen LogP contribution in [0.2, 0.25) is 0 Å². The number of likely N-dealkylation sites (tertiary alicyclic amines) is 1. The molecule has 1 saturated carbocycles. The molecule has 4 nitrogen and oxygen atoms in total. The molecular formula is C17H34N2O2. The van der Waals surface area contributed by atoms with Gasteiger partial charge in [-0.1, -0.05) is 19.8 Å². The summed E-state index contributed by atoms with van der Waals surface area (Å²) in [5.74, 6) is 0.879. The van der Waals surface area contributed by atoms with Gasteiger partial charge in [-0.15, -0.1) is 0 Å². The van der Waals surface area contributed by atoms with Crippen LogP contribution >= 0.6 is 0 Å². The first-order valence-corrected chi connectivity index (χ1v) is 8.74. The van der Waals surface area contributed by atoms with Gasteiger partial charge in [0.05, 0.1) is 12.7 Å². The fourth-order valence-corrected chi connectivity index (χ4v) is 3.94. The van der Waals surface area contributed by atoms with Crippen molar-refractivity contribution in [2.24, 2.45) is 11.3 Å². The Hall–Kier alpha value is -0.160. The third kappa shape index (κ3) is 5.51. The Morgan fingerprint density at radius 3 is 2.71 bits per heavy atom. The van der Waals surface area contributed by atoms with Gasteiger partial charge in [0.1, 0.15) is 0 Å². The topological polar surface area (TPSA) is 44.7 Å². The minimum atomic E-state index is -0.111. The number of aliphatic hydroxyl groups is 1. The van der Waals surface area contributed by atoms with Gasteiger partial charge >= 0.3 is 0 Å². The quantitative estimate of drug-likeness (QED) is 0.704. The van der Waals surface area contributed by atoms with Crippen LogP contribution in [0.4, 0.5) is 0 Å². The predicted molar refractivity (Wildman–Crippen MR) is 86.5 cm³/mol. The maximum Gasteiger partial charge on any atom is 0.0667 e. The summed E-state index contributed by atoms with van der Waals surface area (Å²) in [5, 5.41) is 13.5. The molecule has 1 aliphatic heterocycles. The second-order valence-electron chi connectivity index (χ2n) is 7.38. The number of piperidine rings is 1. The van der Waals surface area contributed by atoms with E-state index in [0.29, 0.717) is 5.41 Å². The fraction of sp³-hybridized carbons (Fsp3) is 1.00. The number of methoxy groups -OCH3 is 1. The van der Waals surface area contributed by atoms with Crippen LogP contribution in [0, 0.1) is 11.3 Å². The third-order valence-electron chi connectivity index (χ3n) is 5.36. The molecule has 0 spiro atoms. The number of hydrogen-bond acceptors (Lipinski definition) is 4. The number of β-amino-alcohol motifs (C(OH)–C–C–N with tert-alkyl or cyclic N) is 1. The Morgan fingerprint density at radius 2 is 2.05 bits per heavy atom. The molecule has 21 heavy (non-hydrogen) atoms. The van der Waals surface area contributed by atoms with Gasteiger partial charge in [-0.2, -0.15) is 0 Å². The van der Waals surface area contributed by atoms with E-state index >= 15 is 0 Å². The van der Waals surface area contributed by atoms with Crippen molar-refractivity contribution >= 4 is 0 Å². The molecule has 0 bridgehead atoms. The van der Waals surface area contributed by atoms with E-state index in [1.54, 1.807) is 7.11 Å². The van der Waals surface area contributed by atoms with Crippen molar-refractivity contribution in [3.63, 3.8) is 0 Å². The monoisotopic (exact) mass is 298 g/mol. The third-order valence-corrected chi connectivity index (χ3v) is 5.36. The normalized spacial score (nSPS) is 35.0. The zero-order valence-electron chi connectivity index (χ0n) is 13.9. The fourth-order valence-electron chi connectivity index (χ4n) is 3.94. The standard InChI is InChI=1S/C17H34N2O2/c1-15-5-7-17(8-6-15,13-18-9-11-21-2)14-19-10-3-4-16(20)12-19/h15-16,18,20H,3-14H2,1-2H3. The molecule has 124 valence electrons. The van der Waals surface area contributed by atoms with Crippen molar-refractivity contribution in [2.75, 3.05) is 46.4 Å². The molecule has 0 aromatic carbocycles. The van der Waals surface area contributed by atoms with Crippen LogP contribution in [0.1, 0.15) is 45.4 Å². The summed E-state index contributed by atoms with van der Waals surface area (Å²) < 4.78 is 5.14. The minimum absolute atomic E-state index is 0.111. The van der Waals surface area contributed by atoms with Crippen molar-refractivity contribution in [1.82, 2.24) is 10.2 Å². The average molecular weight is 298 g/mol. The first-order valence-electron chi connectivity index (χ1n) is 8.74. The molecule has 2 fully saturated rings. The number of nitrogens with one attached hydrogen (secondary N) is 1. The number of rotatable bonds is 7. The molecule has 4 heteroatoms. The van der Waals surface area contributed by atoms with E-state index in [9.17, 15) is 5.11 Å². The summed E-state index contributed by atoms with van der Waals surface area (Å²) in [6, 6.07) is 0. The van der Waals surface area contributed by atoms with Crippen molar-refractivity contribution in [2.45, 2.75) is 51.6 Å². The lowest BCUT2D eigenvalue weighted by Gasteiger charge is -2.44. The average Bonchev–Trinajstić information content (AvgIpc) is 2.47. The molecule has 2 rings (SSSR count). The van der Waals surface area contributed by atoms with E-state index < -0.39 is 0 Å². The maximum atomic E-state index is 9.91. The van der Waals surface area contributed by atoms with Gasteiger partial charge in [0.25, 0.3) is 0 Å². The van der Waals surface area contributed by atoms with Crippen LogP contribution < -0.4 is 5.32 Å². The van der Waals surface area contributed by atoms with Gasteiger partial charge in [-0.25, -0.2) is 0 Å². The number of ether oxygens (including phenoxy) is 1.